The van der Waals surface area contributed by atoms with E-state index >= 15 is 0 Å². The van der Waals surface area contributed by atoms with Gasteiger partial charge in [-0.25, -0.2) is 4.79 Å². The molecule has 2 heterocycles. The Kier molecular flexibility index (Phi) is 7.06. The Balaban J connectivity index is 1.23. The van der Waals surface area contributed by atoms with Crippen molar-refractivity contribution in [1.29, 1.82) is 0 Å². The Morgan fingerprint density at radius 2 is 1.71 bits per heavy atom. The first-order valence-corrected chi connectivity index (χ1v) is 11.0. The van der Waals surface area contributed by atoms with Crippen LogP contribution >= 0.6 is 0 Å². The highest BCUT2D eigenvalue weighted by Crippen LogP contribution is 2.29. The summed E-state index contributed by atoms with van der Waals surface area (Å²) in [5.41, 5.74) is 0.925. The maximum absolute atomic E-state index is 12.8. The lowest BCUT2D eigenvalue weighted by Gasteiger charge is -2.31. The molecule has 11 heteroatoms. The van der Waals surface area contributed by atoms with E-state index in [9.17, 15) is 28.1 Å². The van der Waals surface area contributed by atoms with Gasteiger partial charge in [-0.3, -0.25) is 15.0 Å². The molecule has 1 aliphatic heterocycles. The number of benzene rings is 2. The number of rotatable bonds is 6. The summed E-state index contributed by atoms with van der Waals surface area (Å²) in [6.45, 7) is 2.20. The summed E-state index contributed by atoms with van der Waals surface area (Å²) >= 11 is 0. The number of amides is 1. The first-order chi connectivity index (χ1) is 16.7. The Labute approximate surface area is 199 Å². The number of carbonyl (C=O) groups excluding carboxylic acids is 1. The monoisotopic (exact) mass is 488 g/mol. The molecule has 1 amide bonds. The van der Waals surface area contributed by atoms with Gasteiger partial charge in [-0.05, 0) is 60.9 Å². The number of aromatic nitrogens is 1. The van der Waals surface area contributed by atoms with Crippen molar-refractivity contribution in [2.75, 3.05) is 13.1 Å². The average molecular weight is 488 g/mol. The molecule has 1 aliphatic rings. The molecule has 184 valence electrons. The standard InChI is InChI=1S/C24H23F3N4O4/c25-24(26,27)18-1-3-20(4-2-18)30-14-9-17(16-30)15-29-12-10-19(11-13-29)28-23(32)35-22-7-5-21(6-8-22)31(33)34/h1-9,14,16,19H,10-13,15H2,(H,28,32). The van der Waals surface area contributed by atoms with Crippen LogP contribution in [0.5, 0.6) is 5.75 Å². The Morgan fingerprint density at radius 3 is 2.31 bits per heavy atom. The summed E-state index contributed by atoms with van der Waals surface area (Å²) in [7, 11) is 0. The molecule has 0 bridgehead atoms. The van der Waals surface area contributed by atoms with Crippen molar-refractivity contribution in [3.63, 3.8) is 0 Å². The molecule has 0 radical (unpaired) electrons. The molecular weight excluding hydrogens is 465 g/mol. The van der Waals surface area contributed by atoms with Crippen molar-refractivity contribution < 1.29 is 27.6 Å². The molecule has 4 rings (SSSR count). The Hall–Kier alpha value is -3.86. The molecule has 1 saturated heterocycles. The van der Waals surface area contributed by atoms with Gasteiger partial charge in [0.1, 0.15) is 5.75 Å². The van der Waals surface area contributed by atoms with Crippen LogP contribution in [-0.4, -0.2) is 39.6 Å². The highest BCUT2D eigenvalue weighted by molar-refractivity contribution is 5.70. The fourth-order valence-electron chi connectivity index (χ4n) is 3.95. The maximum Gasteiger partial charge on any atom is 0.416 e. The number of non-ortho nitro benzene ring substituents is 1. The number of nitro benzene ring substituents is 1. The van der Waals surface area contributed by atoms with Gasteiger partial charge in [0.15, 0.2) is 0 Å². The summed E-state index contributed by atoms with van der Waals surface area (Å²) in [4.78, 5) is 24.5. The van der Waals surface area contributed by atoms with Crippen molar-refractivity contribution in [2.24, 2.45) is 0 Å². The van der Waals surface area contributed by atoms with E-state index in [4.69, 9.17) is 4.74 Å². The molecule has 1 fully saturated rings. The second-order valence-corrected chi connectivity index (χ2v) is 8.31. The Bertz CT molecular complexity index is 1170. The highest BCUT2D eigenvalue weighted by atomic mass is 19.4. The molecule has 1 N–H and O–H groups in total. The minimum atomic E-state index is -4.36. The van der Waals surface area contributed by atoms with Crippen LogP contribution in [0.25, 0.3) is 5.69 Å². The first-order valence-electron chi connectivity index (χ1n) is 11.0. The van der Waals surface area contributed by atoms with E-state index in [2.05, 4.69) is 10.2 Å². The highest BCUT2D eigenvalue weighted by Gasteiger charge is 2.30. The summed E-state index contributed by atoms with van der Waals surface area (Å²) < 4.78 is 45.3. The van der Waals surface area contributed by atoms with Crippen LogP contribution in [0.1, 0.15) is 24.0 Å². The van der Waals surface area contributed by atoms with Crippen LogP contribution in [0, 0.1) is 10.1 Å². The topological polar surface area (TPSA) is 89.6 Å². The van der Waals surface area contributed by atoms with Crippen molar-refractivity contribution >= 4 is 11.8 Å². The number of likely N-dealkylation sites (tertiary alicyclic amines) is 1. The van der Waals surface area contributed by atoms with E-state index in [0.29, 0.717) is 12.2 Å². The number of piperidine rings is 1. The van der Waals surface area contributed by atoms with E-state index in [1.807, 2.05) is 18.5 Å². The number of carbonyl (C=O) groups is 1. The quantitative estimate of drug-likeness (QED) is 0.383. The van der Waals surface area contributed by atoms with Gasteiger partial charge in [0.25, 0.3) is 5.69 Å². The molecule has 0 spiro atoms. The first kappa shape index (κ1) is 24.3. The van der Waals surface area contributed by atoms with Crippen LogP contribution in [0.15, 0.2) is 67.0 Å². The zero-order valence-corrected chi connectivity index (χ0v) is 18.6. The van der Waals surface area contributed by atoms with Crippen molar-refractivity contribution in [1.82, 2.24) is 14.8 Å². The molecule has 1 aromatic heterocycles. The van der Waals surface area contributed by atoms with Gasteiger partial charge in [0.2, 0.25) is 0 Å². The molecule has 0 aliphatic carbocycles. The number of hydrogen-bond donors (Lipinski definition) is 1. The Morgan fingerprint density at radius 1 is 1.06 bits per heavy atom. The number of nitro groups is 1. The van der Waals surface area contributed by atoms with E-state index in [0.717, 1.165) is 43.6 Å². The minimum Gasteiger partial charge on any atom is -0.410 e. The zero-order chi connectivity index (χ0) is 25.0. The number of hydrogen-bond acceptors (Lipinski definition) is 5. The van der Waals surface area contributed by atoms with Crippen LogP contribution in [0.4, 0.5) is 23.7 Å². The third-order valence-corrected chi connectivity index (χ3v) is 5.82. The predicted molar refractivity (Wildman–Crippen MR) is 121 cm³/mol. The van der Waals surface area contributed by atoms with E-state index in [1.165, 1.54) is 36.4 Å². The second kappa shape index (κ2) is 10.2. The molecule has 0 saturated carbocycles. The van der Waals surface area contributed by atoms with Gasteiger partial charge in [0, 0.05) is 55.9 Å². The smallest absolute Gasteiger partial charge is 0.410 e. The fraction of sp³-hybridized carbons (Fsp3) is 0.292. The number of halogens is 3. The lowest BCUT2D eigenvalue weighted by molar-refractivity contribution is -0.384. The van der Waals surface area contributed by atoms with Gasteiger partial charge in [-0.1, -0.05) is 0 Å². The number of ether oxygens (including phenoxy) is 1. The zero-order valence-electron chi connectivity index (χ0n) is 18.6. The minimum absolute atomic E-state index is 0.0476. The average Bonchev–Trinajstić information content (AvgIpc) is 3.29. The summed E-state index contributed by atoms with van der Waals surface area (Å²) in [5.74, 6) is 0.225. The molecule has 0 unspecified atom stereocenters. The third-order valence-electron chi connectivity index (χ3n) is 5.82. The summed E-state index contributed by atoms with van der Waals surface area (Å²) in [5, 5.41) is 13.5. The number of alkyl halides is 3. The van der Waals surface area contributed by atoms with Crippen LogP contribution < -0.4 is 10.1 Å². The van der Waals surface area contributed by atoms with E-state index in [-0.39, 0.29) is 17.5 Å². The van der Waals surface area contributed by atoms with Gasteiger partial charge >= 0.3 is 12.3 Å². The summed E-state index contributed by atoms with van der Waals surface area (Å²) in [6, 6.07) is 12.2. The molecule has 8 nitrogen and oxygen atoms in total. The number of nitrogens with one attached hydrogen (secondary N) is 1. The van der Waals surface area contributed by atoms with E-state index in [1.54, 1.807) is 4.57 Å². The molecule has 3 aromatic rings. The van der Waals surface area contributed by atoms with E-state index < -0.39 is 22.8 Å². The lowest BCUT2D eigenvalue weighted by atomic mass is 10.0. The van der Waals surface area contributed by atoms with Crippen LogP contribution in [0.2, 0.25) is 0 Å². The maximum atomic E-state index is 12.8. The second-order valence-electron chi connectivity index (χ2n) is 8.31. The molecule has 2 aromatic carbocycles. The van der Waals surface area contributed by atoms with Crippen LogP contribution in [-0.2, 0) is 12.7 Å². The number of nitrogens with zero attached hydrogens (tertiary/aromatic N) is 3. The van der Waals surface area contributed by atoms with Gasteiger partial charge in [-0.15, -0.1) is 0 Å². The van der Waals surface area contributed by atoms with Gasteiger partial charge in [-0.2, -0.15) is 13.2 Å². The normalized spacial score (nSPS) is 15.1. The van der Waals surface area contributed by atoms with Crippen LogP contribution in [0.3, 0.4) is 0 Å². The molecule has 35 heavy (non-hydrogen) atoms. The largest absolute Gasteiger partial charge is 0.416 e. The lowest BCUT2D eigenvalue weighted by Crippen LogP contribution is -2.45. The molecular formula is C24H23F3N4O4. The predicted octanol–water partition coefficient (Wildman–Crippen LogP) is 5.16. The van der Waals surface area contributed by atoms with Gasteiger partial charge < -0.3 is 14.6 Å². The van der Waals surface area contributed by atoms with Crippen molar-refractivity contribution in [3.8, 4) is 11.4 Å². The molecule has 0 atom stereocenters. The fourth-order valence-corrected chi connectivity index (χ4v) is 3.95. The van der Waals surface area contributed by atoms with Gasteiger partial charge in [0.05, 0.1) is 10.5 Å². The SMILES string of the molecule is O=C(NC1CCN(Cc2ccn(-c3ccc(C(F)(F)F)cc3)c2)CC1)Oc1ccc([N+](=O)[O-])cc1. The van der Waals surface area contributed by atoms with Crippen molar-refractivity contribution in [2.45, 2.75) is 31.6 Å². The third kappa shape index (κ3) is 6.38. The van der Waals surface area contributed by atoms with Crippen molar-refractivity contribution in [3.05, 3.63) is 88.2 Å². The summed E-state index contributed by atoms with van der Waals surface area (Å²) in [6.07, 6.45) is 0.216.